The van der Waals surface area contributed by atoms with E-state index in [-0.39, 0.29) is 25.2 Å². The molecular weight excluding hydrogens is 923 g/mol. The van der Waals surface area contributed by atoms with Gasteiger partial charge in [-0.1, -0.05) is 42.3 Å². The van der Waals surface area contributed by atoms with Gasteiger partial charge in [0.1, 0.15) is 30.1 Å². The van der Waals surface area contributed by atoms with Gasteiger partial charge in [-0.25, -0.2) is 23.1 Å². The Balaban J connectivity index is 1.27. The van der Waals surface area contributed by atoms with Crippen molar-refractivity contribution in [2.45, 2.75) is 121 Å². The van der Waals surface area contributed by atoms with Crippen LogP contribution in [0, 0.1) is 0 Å². The van der Waals surface area contributed by atoms with E-state index in [0.717, 1.165) is 0 Å². The maximum absolute atomic E-state index is 12.9. The summed E-state index contributed by atoms with van der Waals surface area (Å²) < 4.78 is 71.6. The van der Waals surface area contributed by atoms with Gasteiger partial charge in [0.05, 0.1) is 103 Å². The van der Waals surface area contributed by atoms with Crippen LogP contribution in [-0.4, -0.2) is 192 Å². The fraction of sp³-hybridized carbons (Fsp3) is 0.727. The summed E-state index contributed by atoms with van der Waals surface area (Å²) in [5.74, 6) is -5.76. The molecule has 6 atom stereocenters. The Morgan fingerprint density at radius 1 is 0.855 bits per heavy atom. The highest BCUT2D eigenvalue weighted by atomic mass is 19.3. The van der Waals surface area contributed by atoms with Gasteiger partial charge in [-0.3, -0.25) is 9.59 Å². The Morgan fingerprint density at radius 3 is 2.09 bits per heavy atom. The van der Waals surface area contributed by atoms with E-state index < -0.39 is 91.7 Å². The average molecular weight is 993 g/mol. The second kappa shape index (κ2) is 31.6. The van der Waals surface area contributed by atoms with Crippen molar-refractivity contribution >= 4 is 23.9 Å². The Bertz CT molecular complexity index is 1790. The van der Waals surface area contributed by atoms with Crippen LogP contribution in [0.3, 0.4) is 0 Å². The molecule has 1 aliphatic heterocycles. The van der Waals surface area contributed by atoms with Gasteiger partial charge >= 0.3 is 12.1 Å². The zero-order valence-electron chi connectivity index (χ0n) is 39.4. The van der Waals surface area contributed by atoms with Gasteiger partial charge in [0.2, 0.25) is 11.8 Å². The number of ether oxygens (including phenoxy) is 8. The number of halogens is 2. The third kappa shape index (κ3) is 23.3. The monoisotopic (exact) mass is 992 g/mol. The van der Waals surface area contributed by atoms with Gasteiger partial charge in [0, 0.05) is 31.7 Å². The molecular formula is C44H70F2N6O17. The number of aliphatic carboxylic acids is 1. The highest BCUT2D eigenvalue weighted by Crippen LogP contribution is 2.34. The van der Waals surface area contributed by atoms with Gasteiger partial charge < -0.3 is 79.4 Å². The molecule has 3 amide bonds. The van der Waals surface area contributed by atoms with Crippen LogP contribution in [0.1, 0.15) is 76.1 Å². The normalized spacial score (nSPS) is 19.2. The first-order chi connectivity index (χ1) is 32.9. The SMILES string of the molecule is CC(C)(C)OC(=O)NCCOCCOCCOCCOCCn1cc(COCCCCCCO[C@]2(C(=O)O)C[C@H](O)[C@@H](NC(=O)CO)[C@H]([C@H](O)[C@H](O)CNC(=O)Cc3ccc(C(F)F)cc3)O2)nn1. The van der Waals surface area contributed by atoms with Crippen molar-refractivity contribution in [3.8, 4) is 0 Å². The lowest BCUT2D eigenvalue weighted by Crippen LogP contribution is -2.68. The number of benzene rings is 1. The summed E-state index contributed by atoms with van der Waals surface area (Å²) in [4.78, 5) is 48.7. The summed E-state index contributed by atoms with van der Waals surface area (Å²) in [7, 11) is 0. The van der Waals surface area contributed by atoms with E-state index >= 15 is 0 Å². The number of alkyl carbamates (subject to hydrolysis) is 1. The third-order valence-electron chi connectivity index (χ3n) is 10.1. The van der Waals surface area contributed by atoms with E-state index in [1.165, 1.54) is 24.3 Å². The molecule has 23 nitrogen and oxygen atoms in total. The number of amides is 3. The summed E-state index contributed by atoms with van der Waals surface area (Å²) >= 11 is 0. The molecule has 1 aliphatic rings. The molecule has 8 N–H and O–H groups in total. The fourth-order valence-electron chi connectivity index (χ4n) is 6.58. The number of aliphatic hydroxyl groups excluding tert-OH is 4. The van der Waals surface area contributed by atoms with Crippen LogP contribution < -0.4 is 16.0 Å². The van der Waals surface area contributed by atoms with E-state index in [2.05, 4.69) is 26.3 Å². The molecule has 2 heterocycles. The molecule has 0 radical (unpaired) electrons. The summed E-state index contributed by atoms with van der Waals surface area (Å²) in [5, 5.41) is 67.9. The molecule has 0 unspecified atom stereocenters. The largest absolute Gasteiger partial charge is 0.477 e. The Morgan fingerprint density at radius 2 is 1.48 bits per heavy atom. The van der Waals surface area contributed by atoms with E-state index in [0.29, 0.717) is 109 Å². The van der Waals surface area contributed by atoms with Crippen LogP contribution in [0.4, 0.5) is 13.6 Å². The van der Waals surface area contributed by atoms with Crippen LogP contribution in [0.2, 0.25) is 0 Å². The molecule has 25 heteroatoms. The van der Waals surface area contributed by atoms with Gasteiger partial charge in [0.25, 0.3) is 12.2 Å². The quantitative estimate of drug-likeness (QED) is 0.0433. The van der Waals surface area contributed by atoms with Gasteiger partial charge in [-0.2, -0.15) is 0 Å². The summed E-state index contributed by atoms with van der Waals surface area (Å²) in [5.41, 5.74) is 0.261. The number of carboxylic acids is 1. The second-order valence-electron chi connectivity index (χ2n) is 16.9. The predicted octanol–water partition coefficient (Wildman–Crippen LogP) is 0.389. The lowest BCUT2D eigenvalue weighted by Gasteiger charge is -2.46. The van der Waals surface area contributed by atoms with E-state index in [9.17, 15) is 53.5 Å². The van der Waals surface area contributed by atoms with Crippen molar-refractivity contribution in [3.05, 3.63) is 47.3 Å². The number of rotatable bonds is 35. The highest BCUT2D eigenvalue weighted by molar-refractivity contribution is 5.79. The minimum atomic E-state index is -2.68. The Hall–Kier alpha value is -4.54. The Labute approximate surface area is 399 Å². The first-order valence-electron chi connectivity index (χ1n) is 22.8. The van der Waals surface area contributed by atoms with E-state index in [4.69, 9.17) is 37.9 Å². The number of nitrogens with one attached hydrogen (secondary N) is 3. The van der Waals surface area contributed by atoms with Crippen LogP contribution in [0.15, 0.2) is 30.5 Å². The lowest BCUT2D eigenvalue weighted by atomic mass is 9.88. The second-order valence-corrected chi connectivity index (χ2v) is 16.9. The third-order valence-corrected chi connectivity index (χ3v) is 10.1. The van der Waals surface area contributed by atoms with Gasteiger partial charge in [-0.05, 0) is 39.2 Å². The van der Waals surface area contributed by atoms with Crippen molar-refractivity contribution in [2.24, 2.45) is 0 Å². The van der Waals surface area contributed by atoms with Gasteiger partial charge in [-0.15, -0.1) is 5.10 Å². The van der Waals surface area contributed by atoms with Crippen LogP contribution in [0.5, 0.6) is 0 Å². The van der Waals surface area contributed by atoms with Crippen molar-refractivity contribution < 1.29 is 91.4 Å². The molecule has 1 aromatic carbocycles. The zero-order chi connectivity index (χ0) is 50.7. The minimum Gasteiger partial charge on any atom is -0.477 e. The topological polar surface area (TPSA) is 310 Å². The average Bonchev–Trinajstić information content (AvgIpc) is 3.76. The maximum Gasteiger partial charge on any atom is 0.407 e. The number of nitrogens with zero attached hydrogens (tertiary/aromatic N) is 3. The molecule has 0 spiro atoms. The molecule has 69 heavy (non-hydrogen) atoms. The number of hydrogen-bond donors (Lipinski definition) is 8. The molecule has 2 aromatic rings. The van der Waals surface area contributed by atoms with Crippen molar-refractivity contribution in [2.75, 3.05) is 85.8 Å². The summed E-state index contributed by atoms with van der Waals surface area (Å²) in [6, 6.07) is 3.53. The first-order valence-corrected chi connectivity index (χ1v) is 22.8. The van der Waals surface area contributed by atoms with Crippen molar-refractivity contribution in [1.82, 2.24) is 30.9 Å². The summed E-state index contributed by atoms with van der Waals surface area (Å²) in [6.07, 6.45) is -7.31. The number of aliphatic hydroxyl groups is 4. The standard InChI is InChI=1S/C44H70F2N6O17/c1-43(2,3)69-42(61)47-12-16-62-18-20-64-22-23-65-21-19-63-17-13-52-27-32(50-51-52)29-66-14-6-4-5-7-15-67-44(41(59)60)25-33(54)37(49-36(57)28-53)39(68-44)38(58)34(55)26-48-35(56)24-30-8-10-31(11-9-30)40(45)46/h8-11,27,33-34,37-40,53-55,58H,4-7,12-26,28-29H2,1-3H3,(H,47,61)(H,48,56)(H,49,57)(H,59,60)/t33-,34+,37+,38+,39+,44+/m0/s1. The molecule has 1 fully saturated rings. The first kappa shape index (κ1) is 58.8. The van der Waals surface area contributed by atoms with Gasteiger partial charge in [0.15, 0.2) is 0 Å². The smallest absolute Gasteiger partial charge is 0.407 e. The molecule has 0 saturated carbocycles. The molecule has 0 bridgehead atoms. The summed E-state index contributed by atoms with van der Waals surface area (Å²) in [6.45, 7) is 8.25. The molecule has 3 rings (SSSR count). The molecule has 1 aromatic heterocycles. The minimum absolute atomic E-state index is 0.139. The zero-order valence-corrected chi connectivity index (χ0v) is 39.4. The van der Waals surface area contributed by atoms with E-state index in [1.807, 2.05) is 0 Å². The number of alkyl halides is 2. The number of carbonyl (C=O) groups is 4. The molecule has 392 valence electrons. The van der Waals surface area contributed by atoms with Crippen LogP contribution in [-0.2, 0) is 71.9 Å². The number of carboxylic acid groups (broad SMARTS) is 1. The van der Waals surface area contributed by atoms with Crippen molar-refractivity contribution in [1.29, 1.82) is 0 Å². The molecule has 0 aliphatic carbocycles. The Kier molecular flexibility index (Phi) is 26.9. The highest BCUT2D eigenvalue weighted by Gasteiger charge is 2.55. The number of hydrogen-bond acceptors (Lipinski definition) is 18. The lowest BCUT2D eigenvalue weighted by molar-refractivity contribution is -0.310. The van der Waals surface area contributed by atoms with E-state index in [1.54, 1.807) is 31.6 Å². The van der Waals surface area contributed by atoms with Crippen LogP contribution in [0.25, 0.3) is 0 Å². The number of aromatic nitrogens is 3. The maximum atomic E-state index is 12.9. The molecule has 1 saturated heterocycles. The number of carbonyl (C=O) groups excluding carboxylic acids is 3. The van der Waals surface area contributed by atoms with Crippen molar-refractivity contribution in [3.63, 3.8) is 0 Å². The predicted molar refractivity (Wildman–Crippen MR) is 237 cm³/mol. The number of unbranched alkanes of at least 4 members (excludes halogenated alkanes) is 3. The fourth-order valence-corrected chi connectivity index (χ4v) is 6.58. The van der Waals surface area contributed by atoms with Crippen LogP contribution >= 0.6 is 0 Å².